The second-order valence-electron chi connectivity index (χ2n) is 4.36. The van der Waals surface area contributed by atoms with Crippen LogP contribution < -0.4 is 4.72 Å². The number of hydrogen-bond acceptors (Lipinski definition) is 5. The third-order valence-electron chi connectivity index (χ3n) is 2.35. The van der Waals surface area contributed by atoms with Crippen molar-refractivity contribution in [1.29, 1.82) is 0 Å². The molecule has 0 bridgehead atoms. The molecule has 5 nitrogen and oxygen atoms in total. The molecule has 0 atom stereocenters. The summed E-state index contributed by atoms with van der Waals surface area (Å²) >= 11 is 1.09. The molecule has 0 saturated heterocycles. The molecule has 0 amide bonds. The van der Waals surface area contributed by atoms with Crippen LogP contribution in [0.1, 0.15) is 5.56 Å². The summed E-state index contributed by atoms with van der Waals surface area (Å²) in [5.41, 5.74) is 3.11. The molecule has 1 aromatic carbocycles. The number of aromatic nitrogens is 1. The van der Waals surface area contributed by atoms with Crippen LogP contribution in [0.3, 0.4) is 0 Å². The third kappa shape index (κ3) is 3.76. The second-order valence-corrected chi connectivity index (χ2v) is 7.16. The molecular weight excluding hydrogens is 282 g/mol. The van der Waals surface area contributed by atoms with Crippen LogP contribution >= 0.6 is 11.3 Å². The van der Waals surface area contributed by atoms with Gasteiger partial charge in [0.05, 0.1) is 11.7 Å². The average Bonchev–Trinajstić information content (AvgIpc) is 2.81. The number of rotatable bonds is 5. The summed E-state index contributed by atoms with van der Waals surface area (Å²) in [6.07, 6.45) is 1.34. The van der Waals surface area contributed by atoms with Gasteiger partial charge >= 0.3 is 0 Å². The van der Waals surface area contributed by atoms with Crippen LogP contribution in [0.25, 0.3) is 0 Å². The molecule has 1 N–H and O–H groups in total. The van der Waals surface area contributed by atoms with E-state index in [-0.39, 0.29) is 4.21 Å². The highest BCUT2D eigenvalue weighted by Gasteiger charge is 2.15. The van der Waals surface area contributed by atoms with Gasteiger partial charge in [0.1, 0.15) is 0 Å². The first-order valence-corrected chi connectivity index (χ1v) is 7.98. The van der Waals surface area contributed by atoms with Gasteiger partial charge in [-0.05, 0) is 31.8 Å². The van der Waals surface area contributed by atoms with Gasteiger partial charge in [0.25, 0.3) is 10.0 Å². The zero-order valence-electron chi connectivity index (χ0n) is 10.7. The van der Waals surface area contributed by atoms with Gasteiger partial charge in [-0.2, -0.15) is 0 Å². The second kappa shape index (κ2) is 5.68. The molecule has 102 valence electrons. The lowest BCUT2D eigenvalue weighted by molar-refractivity contribution is 0.402. The van der Waals surface area contributed by atoms with Gasteiger partial charge in [-0.1, -0.05) is 12.1 Å². The van der Waals surface area contributed by atoms with Crippen LogP contribution in [0.15, 0.2) is 40.2 Å². The minimum atomic E-state index is -3.52. The molecule has 2 aromatic rings. The van der Waals surface area contributed by atoms with Crippen molar-refractivity contribution in [2.75, 3.05) is 18.8 Å². The van der Waals surface area contributed by atoms with Crippen molar-refractivity contribution < 1.29 is 8.42 Å². The Balaban J connectivity index is 2.20. The van der Waals surface area contributed by atoms with Crippen LogP contribution in [0.2, 0.25) is 0 Å². The summed E-state index contributed by atoms with van der Waals surface area (Å²) in [4.78, 5) is 5.80. The number of benzene rings is 1. The molecular formula is C12H15N3O2S2. The lowest BCUT2D eigenvalue weighted by atomic mass is 10.2. The number of nitrogens with zero attached hydrogens (tertiary/aromatic N) is 2. The Labute approximate surface area is 117 Å². The molecule has 1 aromatic heterocycles. The van der Waals surface area contributed by atoms with Gasteiger partial charge in [-0.25, -0.2) is 8.42 Å². The Hall–Kier alpha value is -1.44. The Morgan fingerprint density at radius 3 is 2.79 bits per heavy atom. The van der Waals surface area contributed by atoms with Gasteiger partial charge < -0.3 is 4.90 Å². The molecule has 19 heavy (non-hydrogen) atoms. The number of hydrogen-bond donors (Lipinski definition) is 1. The first-order chi connectivity index (χ1) is 8.97. The summed E-state index contributed by atoms with van der Waals surface area (Å²) in [5.74, 6) is 0. The van der Waals surface area contributed by atoms with E-state index < -0.39 is 10.0 Å². The van der Waals surface area contributed by atoms with E-state index in [0.29, 0.717) is 5.69 Å². The molecule has 1 heterocycles. The molecule has 0 aliphatic heterocycles. The first kappa shape index (κ1) is 14.0. The van der Waals surface area contributed by atoms with Crippen LogP contribution in [0, 0.1) is 0 Å². The van der Waals surface area contributed by atoms with E-state index in [2.05, 4.69) is 9.71 Å². The SMILES string of the molecule is CN(C)Cc1cccc(NS(=O)(=O)c2cncs2)c1. The lowest BCUT2D eigenvalue weighted by Gasteiger charge is -2.11. The molecule has 0 spiro atoms. The number of anilines is 1. The summed E-state index contributed by atoms with van der Waals surface area (Å²) in [6, 6.07) is 7.37. The standard InChI is InChI=1S/C12H15N3O2S2/c1-15(2)8-10-4-3-5-11(6-10)14-19(16,17)12-7-13-9-18-12/h3-7,9,14H,8H2,1-2H3. The fourth-order valence-corrected chi connectivity index (χ4v) is 3.49. The van der Waals surface area contributed by atoms with Crippen molar-refractivity contribution in [3.05, 3.63) is 41.5 Å². The Kier molecular flexibility index (Phi) is 4.18. The molecule has 0 unspecified atom stereocenters. The highest BCUT2D eigenvalue weighted by molar-refractivity contribution is 7.94. The van der Waals surface area contributed by atoms with Gasteiger partial charge in [-0.3, -0.25) is 9.71 Å². The predicted octanol–water partition coefficient (Wildman–Crippen LogP) is 2.01. The summed E-state index contributed by atoms with van der Waals surface area (Å²) < 4.78 is 26.9. The lowest BCUT2D eigenvalue weighted by Crippen LogP contribution is -2.13. The largest absolute Gasteiger partial charge is 0.305 e. The number of sulfonamides is 1. The fraction of sp³-hybridized carbons (Fsp3) is 0.250. The minimum absolute atomic E-state index is 0.213. The maximum Gasteiger partial charge on any atom is 0.273 e. The predicted molar refractivity (Wildman–Crippen MR) is 76.8 cm³/mol. The van der Waals surface area contributed by atoms with Crippen molar-refractivity contribution >= 4 is 27.0 Å². The van der Waals surface area contributed by atoms with Crippen molar-refractivity contribution in [2.45, 2.75) is 10.8 Å². The highest BCUT2D eigenvalue weighted by atomic mass is 32.2. The van der Waals surface area contributed by atoms with E-state index in [4.69, 9.17) is 0 Å². The van der Waals surface area contributed by atoms with Gasteiger partial charge in [0.15, 0.2) is 4.21 Å². The fourth-order valence-electron chi connectivity index (χ4n) is 1.64. The van der Waals surface area contributed by atoms with Crippen LogP contribution in [0.4, 0.5) is 5.69 Å². The molecule has 7 heteroatoms. The highest BCUT2D eigenvalue weighted by Crippen LogP contribution is 2.19. The molecule has 0 aliphatic rings. The minimum Gasteiger partial charge on any atom is -0.305 e. The zero-order chi connectivity index (χ0) is 13.9. The van der Waals surface area contributed by atoms with E-state index in [1.54, 1.807) is 6.07 Å². The number of nitrogens with one attached hydrogen (secondary N) is 1. The van der Waals surface area contributed by atoms with E-state index in [9.17, 15) is 8.42 Å². The average molecular weight is 297 g/mol. The number of thiazole rings is 1. The monoisotopic (exact) mass is 297 g/mol. The smallest absolute Gasteiger partial charge is 0.273 e. The van der Waals surface area contributed by atoms with Crippen molar-refractivity contribution in [3.8, 4) is 0 Å². The van der Waals surface area contributed by atoms with Gasteiger partial charge in [0, 0.05) is 12.2 Å². The quantitative estimate of drug-likeness (QED) is 0.917. The normalized spacial score (nSPS) is 11.7. The van der Waals surface area contributed by atoms with E-state index in [1.807, 2.05) is 37.2 Å². The topological polar surface area (TPSA) is 62.3 Å². The molecule has 0 aliphatic carbocycles. The Morgan fingerprint density at radius 1 is 1.37 bits per heavy atom. The summed E-state index contributed by atoms with van der Waals surface area (Å²) in [7, 11) is 0.410. The van der Waals surface area contributed by atoms with E-state index in [0.717, 1.165) is 23.4 Å². The molecule has 2 rings (SSSR count). The summed E-state index contributed by atoms with van der Waals surface area (Å²) in [6.45, 7) is 0.760. The first-order valence-electron chi connectivity index (χ1n) is 5.62. The summed E-state index contributed by atoms with van der Waals surface area (Å²) in [5, 5.41) is 0. The Bertz CT molecular complexity index is 637. The van der Waals surface area contributed by atoms with Crippen molar-refractivity contribution in [1.82, 2.24) is 9.88 Å². The third-order valence-corrected chi connectivity index (χ3v) is 5.00. The molecule has 0 saturated carbocycles. The van der Waals surface area contributed by atoms with Crippen LogP contribution in [0.5, 0.6) is 0 Å². The molecule has 0 radical (unpaired) electrons. The van der Waals surface area contributed by atoms with Crippen molar-refractivity contribution in [2.24, 2.45) is 0 Å². The van der Waals surface area contributed by atoms with Crippen LogP contribution in [-0.4, -0.2) is 32.4 Å². The van der Waals surface area contributed by atoms with Gasteiger partial charge in [0.2, 0.25) is 0 Å². The van der Waals surface area contributed by atoms with Gasteiger partial charge in [-0.15, -0.1) is 11.3 Å². The van der Waals surface area contributed by atoms with Crippen LogP contribution in [-0.2, 0) is 16.6 Å². The van der Waals surface area contributed by atoms with E-state index in [1.165, 1.54) is 11.7 Å². The van der Waals surface area contributed by atoms with Crippen molar-refractivity contribution in [3.63, 3.8) is 0 Å². The maximum absolute atomic E-state index is 12.0. The zero-order valence-corrected chi connectivity index (χ0v) is 12.3. The van der Waals surface area contributed by atoms with E-state index >= 15 is 0 Å². The molecule has 0 fully saturated rings. The Morgan fingerprint density at radius 2 is 2.16 bits per heavy atom. The maximum atomic E-state index is 12.0.